The zero-order valence-electron chi connectivity index (χ0n) is 13.5. The van der Waals surface area contributed by atoms with Crippen LogP contribution < -0.4 is 29.6 Å². The average molecular weight is 324 g/mol. The maximum Gasteiger partial charge on any atom is 1.00 e. The Hall–Kier alpha value is -1.17. The molecule has 3 nitrogen and oxygen atoms in total. The molecule has 0 aliphatic carbocycles. The van der Waals surface area contributed by atoms with Gasteiger partial charge in [0.25, 0.3) is 10.1 Å². The molecule has 2 aromatic rings. The van der Waals surface area contributed by atoms with Crippen LogP contribution in [0.2, 0.25) is 0 Å². The van der Waals surface area contributed by atoms with Gasteiger partial charge in [-0.1, -0.05) is 66.7 Å². The molecule has 0 amide bonds. The minimum Gasteiger partial charge on any atom is -1.00 e. The van der Waals surface area contributed by atoms with E-state index in [0.717, 1.165) is 5.56 Å². The van der Waals surface area contributed by atoms with Gasteiger partial charge in [0.2, 0.25) is 0 Å². The van der Waals surface area contributed by atoms with Crippen molar-refractivity contribution in [2.75, 3.05) is 6.61 Å². The predicted octanol–water partition coefficient (Wildman–Crippen LogP) is 0.834. The van der Waals surface area contributed by atoms with E-state index in [-0.39, 0.29) is 42.5 Å². The van der Waals surface area contributed by atoms with Gasteiger partial charge >= 0.3 is 29.6 Å². The van der Waals surface area contributed by atoms with Gasteiger partial charge in [0.1, 0.15) is 4.91 Å². The molecule has 2 rings (SSSR count). The van der Waals surface area contributed by atoms with Gasteiger partial charge in [-0.2, -0.15) is 8.42 Å². The zero-order chi connectivity index (χ0) is 15.1. The first-order valence-corrected chi connectivity index (χ1v) is 7.87. The summed E-state index contributed by atoms with van der Waals surface area (Å²) in [5.41, 5.74) is 1.38. The molecule has 0 aromatic heterocycles. The molecule has 0 bridgehead atoms. The molecule has 0 spiro atoms. The summed E-state index contributed by atoms with van der Waals surface area (Å²) in [6, 6.07) is 18.2. The van der Waals surface area contributed by atoms with Crippen molar-refractivity contribution in [3.63, 3.8) is 0 Å². The molecule has 0 saturated carbocycles. The second-order valence-corrected chi connectivity index (χ2v) is 5.90. The third kappa shape index (κ3) is 5.23. The van der Waals surface area contributed by atoms with Gasteiger partial charge in [0, 0.05) is 0 Å². The summed E-state index contributed by atoms with van der Waals surface area (Å²) < 4.78 is 29.7. The first-order valence-electron chi connectivity index (χ1n) is 6.46. The summed E-state index contributed by atoms with van der Waals surface area (Å²) in [6.07, 6.45) is 3.01. The minimum absolute atomic E-state index is 0. The van der Waals surface area contributed by atoms with Crippen LogP contribution in [0.5, 0.6) is 0 Å². The number of benzene rings is 2. The Morgan fingerprint density at radius 3 is 2.14 bits per heavy atom. The summed E-state index contributed by atoms with van der Waals surface area (Å²) >= 11 is 0. The second-order valence-electron chi connectivity index (χ2n) is 4.31. The molecule has 0 aliphatic heterocycles. The summed E-state index contributed by atoms with van der Waals surface area (Å²) in [7, 11) is -3.85. The van der Waals surface area contributed by atoms with Crippen LogP contribution in [0.4, 0.5) is 0 Å². The van der Waals surface area contributed by atoms with Crippen LogP contribution in [0.1, 0.15) is 12.6 Å². The molecule has 0 N–H and O–H groups in total. The van der Waals surface area contributed by atoms with E-state index in [4.69, 9.17) is 4.18 Å². The Morgan fingerprint density at radius 1 is 1.05 bits per heavy atom. The van der Waals surface area contributed by atoms with E-state index in [1.165, 1.54) is 6.08 Å². The van der Waals surface area contributed by atoms with Crippen LogP contribution in [0.15, 0.2) is 73.3 Å². The Balaban J connectivity index is 0.00000242. The van der Waals surface area contributed by atoms with E-state index >= 15 is 0 Å². The molecule has 0 heterocycles. The molecule has 110 valence electrons. The largest absolute Gasteiger partial charge is 1.00 e. The fraction of sp³-hybridized carbons (Fsp3) is 0.0588. The first kappa shape index (κ1) is 18.9. The Morgan fingerprint density at radius 2 is 1.59 bits per heavy atom. The Labute approximate surface area is 155 Å². The van der Waals surface area contributed by atoms with Gasteiger partial charge in [-0.3, -0.25) is 4.18 Å². The van der Waals surface area contributed by atoms with E-state index < -0.39 is 10.1 Å². The summed E-state index contributed by atoms with van der Waals surface area (Å²) in [5.74, 6) is 0. The standard InChI is InChI=1S/C17H16O3S.Na.H/c1-2-13-20-21(18,19)17(16-11-7-4-8-12-16)14-15-9-5-3-6-10-15;;/h2-12,14H,1,13H2;;/q;+1;-1. The van der Waals surface area contributed by atoms with E-state index in [9.17, 15) is 8.42 Å². The number of rotatable bonds is 6. The van der Waals surface area contributed by atoms with Crippen LogP contribution in [0, 0.1) is 0 Å². The summed E-state index contributed by atoms with van der Waals surface area (Å²) in [4.78, 5) is 0.135. The van der Waals surface area contributed by atoms with Crippen LogP contribution in [-0.2, 0) is 14.3 Å². The molecule has 0 radical (unpaired) electrons. The molecular weight excluding hydrogens is 307 g/mol. The molecule has 0 unspecified atom stereocenters. The quantitative estimate of drug-likeness (QED) is 0.342. The Bertz CT molecular complexity index is 729. The van der Waals surface area contributed by atoms with Gasteiger partial charge in [0.05, 0.1) is 6.61 Å². The van der Waals surface area contributed by atoms with E-state index in [2.05, 4.69) is 6.58 Å². The molecule has 0 fully saturated rings. The van der Waals surface area contributed by atoms with Crippen LogP contribution in [0.25, 0.3) is 11.0 Å². The molecule has 2 aromatic carbocycles. The number of hydrogen-bond acceptors (Lipinski definition) is 3. The van der Waals surface area contributed by atoms with Crippen molar-refractivity contribution in [3.8, 4) is 0 Å². The third-order valence-corrected chi connectivity index (χ3v) is 4.10. The maximum absolute atomic E-state index is 12.4. The zero-order valence-corrected chi connectivity index (χ0v) is 15.3. The van der Waals surface area contributed by atoms with Gasteiger partial charge in [-0.15, -0.1) is 6.58 Å². The topological polar surface area (TPSA) is 43.4 Å². The van der Waals surface area contributed by atoms with Gasteiger partial charge < -0.3 is 1.43 Å². The normalized spacial score (nSPS) is 11.5. The fourth-order valence-electron chi connectivity index (χ4n) is 1.80. The van der Waals surface area contributed by atoms with Gasteiger partial charge in [-0.05, 0) is 17.2 Å². The second kappa shape index (κ2) is 9.08. The maximum atomic E-state index is 12.4. The summed E-state index contributed by atoms with van der Waals surface area (Å²) in [5, 5.41) is 0. The Kier molecular flexibility index (Phi) is 7.79. The van der Waals surface area contributed by atoms with E-state index in [1.807, 2.05) is 36.4 Å². The van der Waals surface area contributed by atoms with Crippen LogP contribution in [-0.4, -0.2) is 15.0 Å². The van der Waals surface area contributed by atoms with Crippen molar-refractivity contribution in [2.45, 2.75) is 0 Å². The van der Waals surface area contributed by atoms with Crippen molar-refractivity contribution >= 4 is 21.1 Å². The van der Waals surface area contributed by atoms with Gasteiger partial charge in [0.15, 0.2) is 0 Å². The third-order valence-electron chi connectivity index (χ3n) is 2.77. The fourth-order valence-corrected chi connectivity index (χ4v) is 2.91. The minimum atomic E-state index is -3.85. The first-order chi connectivity index (χ1) is 10.1. The van der Waals surface area contributed by atoms with Crippen molar-refractivity contribution in [1.29, 1.82) is 0 Å². The van der Waals surface area contributed by atoms with Crippen molar-refractivity contribution in [1.82, 2.24) is 0 Å². The average Bonchev–Trinajstić information content (AvgIpc) is 2.52. The van der Waals surface area contributed by atoms with Crippen molar-refractivity contribution < 1.29 is 43.6 Å². The molecule has 0 saturated heterocycles. The SMILES string of the molecule is C=CCOS(=O)(=O)C(=Cc1ccccc1)c1ccccc1.[H-].[Na+]. The number of hydrogen-bond donors (Lipinski definition) is 0. The van der Waals surface area contributed by atoms with Crippen LogP contribution >= 0.6 is 0 Å². The van der Waals surface area contributed by atoms with Crippen molar-refractivity contribution in [3.05, 3.63) is 84.4 Å². The molecule has 0 aliphatic rings. The predicted molar refractivity (Wildman–Crippen MR) is 86.9 cm³/mol. The molecule has 5 heteroatoms. The van der Waals surface area contributed by atoms with Crippen molar-refractivity contribution in [2.24, 2.45) is 0 Å². The monoisotopic (exact) mass is 324 g/mol. The van der Waals surface area contributed by atoms with E-state index in [0.29, 0.717) is 5.56 Å². The van der Waals surface area contributed by atoms with Crippen LogP contribution in [0.3, 0.4) is 0 Å². The van der Waals surface area contributed by atoms with E-state index in [1.54, 1.807) is 30.3 Å². The molecule has 0 atom stereocenters. The molecular formula is C17H17NaO3S. The molecule has 22 heavy (non-hydrogen) atoms. The van der Waals surface area contributed by atoms with Gasteiger partial charge in [-0.25, -0.2) is 0 Å². The summed E-state index contributed by atoms with van der Waals surface area (Å²) in [6.45, 7) is 3.42. The smallest absolute Gasteiger partial charge is 1.00 e.